The van der Waals surface area contributed by atoms with E-state index in [2.05, 4.69) is 25.6 Å². The van der Waals surface area contributed by atoms with E-state index in [0.717, 1.165) is 0 Å². The van der Waals surface area contributed by atoms with Crippen LogP contribution in [-0.4, -0.2) is 33.5 Å². The molecule has 1 atom stereocenters. The third-order valence-corrected chi connectivity index (χ3v) is 4.87. The zero-order valence-electron chi connectivity index (χ0n) is 14.0. The number of carbonyl (C=O) groups is 1. The van der Waals surface area contributed by atoms with Crippen LogP contribution in [0.1, 0.15) is 10.4 Å². The molecular weight excluding hydrogens is 350 g/mol. The van der Waals surface area contributed by atoms with Gasteiger partial charge in [0.2, 0.25) is 5.95 Å². The number of hydrogen-bond donors (Lipinski definition) is 3. The van der Waals surface area contributed by atoms with Gasteiger partial charge in [-0.1, -0.05) is 18.2 Å². The number of imidazole rings is 1. The van der Waals surface area contributed by atoms with Crippen LogP contribution < -0.4 is 10.6 Å². The first-order valence-electron chi connectivity index (χ1n) is 7.78. The summed E-state index contributed by atoms with van der Waals surface area (Å²) in [6.45, 7) is 0. The summed E-state index contributed by atoms with van der Waals surface area (Å²) in [5, 5.41) is 5.62. The van der Waals surface area contributed by atoms with E-state index in [1.54, 1.807) is 49.8 Å². The van der Waals surface area contributed by atoms with Gasteiger partial charge in [-0.15, -0.1) is 0 Å². The lowest BCUT2D eigenvalue weighted by Crippen LogP contribution is -2.16. The molecule has 1 amide bonds. The minimum Gasteiger partial charge on any atom is -0.346 e. The second kappa shape index (κ2) is 8.21. The van der Waals surface area contributed by atoms with Crippen LogP contribution in [0.3, 0.4) is 0 Å². The predicted molar refractivity (Wildman–Crippen MR) is 102 cm³/mol. The molecule has 1 unspecified atom stereocenters. The molecule has 0 bridgehead atoms. The molecule has 3 rings (SSSR count). The molecule has 0 aliphatic heterocycles. The Labute approximate surface area is 153 Å². The molecule has 0 radical (unpaired) electrons. The quantitative estimate of drug-likeness (QED) is 0.461. The third-order valence-electron chi connectivity index (χ3n) is 3.49. The molecular formula is C18H17N5O2S. The van der Waals surface area contributed by atoms with E-state index >= 15 is 0 Å². The summed E-state index contributed by atoms with van der Waals surface area (Å²) >= 11 is 0. The first-order valence-corrected chi connectivity index (χ1v) is 8.93. The van der Waals surface area contributed by atoms with Crippen molar-refractivity contribution in [2.45, 2.75) is 9.79 Å². The Morgan fingerprint density at radius 2 is 2.00 bits per heavy atom. The van der Waals surface area contributed by atoms with Crippen LogP contribution in [0, 0.1) is 0 Å². The maximum absolute atomic E-state index is 12.8. The molecule has 2 aromatic carbocycles. The molecule has 0 spiro atoms. The van der Waals surface area contributed by atoms with E-state index in [1.165, 1.54) is 6.34 Å². The van der Waals surface area contributed by atoms with Crippen molar-refractivity contribution >= 4 is 34.7 Å². The van der Waals surface area contributed by atoms with Gasteiger partial charge in [0.25, 0.3) is 5.91 Å². The highest BCUT2D eigenvalue weighted by molar-refractivity contribution is 7.85. The summed E-state index contributed by atoms with van der Waals surface area (Å²) in [7, 11) is 0.228. The highest BCUT2D eigenvalue weighted by Gasteiger charge is 2.16. The van der Waals surface area contributed by atoms with Gasteiger partial charge in [0.1, 0.15) is 0 Å². The topological polar surface area (TPSA) is 99.2 Å². The molecule has 0 aliphatic rings. The van der Waals surface area contributed by atoms with Gasteiger partial charge in [-0.05, 0) is 30.3 Å². The van der Waals surface area contributed by atoms with Gasteiger partial charge in [-0.2, -0.15) is 0 Å². The molecule has 0 aliphatic carbocycles. The molecule has 132 valence electrons. The Kier molecular flexibility index (Phi) is 5.55. The van der Waals surface area contributed by atoms with Crippen LogP contribution in [0.15, 0.2) is 75.7 Å². The summed E-state index contributed by atoms with van der Waals surface area (Å²) in [6.07, 6.45) is 4.63. The summed E-state index contributed by atoms with van der Waals surface area (Å²) < 4.78 is 12.8. The Bertz CT molecular complexity index is 939. The summed E-state index contributed by atoms with van der Waals surface area (Å²) in [4.78, 5) is 24.5. The molecule has 1 aromatic heterocycles. The van der Waals surface area contributed by atoms with Gasteiger partial charge in [0.15, 0.2) is 0 Å². The van der Waals surface area contributed by atoms with Crippen LogP contribution in [0.4, 0.5) is 11.6 Å². The number of amides is 1. The zero-order chi connectivity index (χ0) is 18.4. The van der Waals surface area contributed by atoms with Crippen molar-refractivity contribution in [3.05, 3.63) is 66.5 Å². The van der Waals surface area contributed by atoms with Crippen LogP contribution >= 0.6 is 0 Å². The maximum Gasteiger partial charge on any atom is 0.260 e. The van der Waals surface area contributed by atoms with Crippen molar-refractivity contribution in [3.63, 3.8) is 0 Å². The standard InChI is InChI=1S/C18H17N5O2S/c1-19-12-22-16-8-7-14(26(25)13-5-3-2-4-6-13)11-15(16)17(24)23-18-20-9-10-21-18/h2-12H,1H3,(H,19,22)(H2,20,21,23,24). The zero-order valence-corrected chi connectivity index (χ0v) is 14.8. The molecule has 26 heavy (non-hydrogen) atoms. The van der Waals surface area contributed by atoms with Gasteiger partial charge < -0.3 is 10.3 Å². The number of nitrogens with zero attached hydrogens (tertiary/aromatic N) is 2. The van der Waals surface area contributed by atoms with E-state index in [4.69, 9.17) is 0 Å². The van der Waals surface area contributed by atoms with Crippen molar-refractivity contribution in [2.75, 3.05) is 17.7 Å². The van der Waals surface area contributed by atoms with E-state index in [9.17, 15) is 9.00 Å². The highest BCUT2D eigenvalue weighted by Crippen LogP contribution is 2.23. The van der Waals surface area contributed by atoms with E-state index < -0.39 is 10.8 Å². The number of aromatic nitrogens is 2. The van der Waals surface area contributed by atoms with Crippen LogP contribution in [0.5, 0.6) is 0 Å². The predicted octanol–water partition coefficient (Wildman–Crippen LogP) is 2.90. The Morgan fingerprint density at radius 3 is 2.69 bits per heavy atom. The minimum absolute atomic E-state index is 0.333. The van der Waals surface area contributed by atoms with Crippen molar-refractivity contribution in [2.24, 2.45) is 4.99 Å². The molecule has 0 saturated heterocycles. The molecule has 3 N–H and O–H groups in total. The van der Waals surface area contributed by atoms with Crippen molar-refractivity contribution < 1.29 is 9.00 Å². The van der Waals surface area contributed by atoms with Crippen LogP contribution in [0.25, 0.3) is 0 Å². The number of aromatic amines is 1. The number of aliphatic imine (C=N–C) groups is 1. The lowest BCUT2D eigenvalue weighted by molar-refractivity contribution is 0.102. The smallest absolute Gasteiger partial charge is 0.260 e. The fourth-order valence-corrected chi connectivity index (χ4v) is 3.37. The largest absolute Gasteiger partial charge is 0.346 e. The summed E-state index contributed by atoms with van der Waals surface area (Å²) in [5.41, 5.74) is 0.886. The van der Waals surface area contributed by atoms with Gasteiger partial charge in [-0.3, -0.25) is 15.1 Å². The van der Waals surface area contributed by atoms with Crippen molar-refractivity contribution in [1.29, 1.82) is 0 Å². The Hall–Kier alpha value is -3.26. The first-order chi connectivity index (χ1) is 12.7. The van der Waals surface area contributed by atoms with E-state index in [-0.39, 0.29) is 5.91 Å². The number of benzene rings is 2. The summed E-state index contributed by atoms with van der Waals surface area (Å²) in [5.74, 6) is -0.0430. The maximum atomic E-state index is 12.8. The second-order valence-electron chi connectivity index (χ2n) is 5.21. The van der Waals surface area contributed by atoms with E-state index in [0.29, 0.717) is 27.0 Å². The normalized spacial score (nSPS) is 12.0. The van der Waals surface area contributed by atoms with Gasteiger partial charge >= 0.3 is 0 Å². The minimum atomic E-state index is -1.39. The lowest BCUT2D eigenvalue weighted by atomic mass is 10.1. The van der Waals surface area contributed by atoms with Gasteiger partial charge in [-0.25, -0.2) is 9.19 Å². The van der Waals surface area contributed by atoms with Crippen molar-refractivity contribution in [1.82, 2.24) is 9.97 Å². The number of anilines is 2. The molecule has 7 nitrogen and oxygen atoms in total. The van der Waals surface area contributed by atoms with Crippen LogP contribution in [-0.2, 0) is 10.8 Å². The molecule has 3 aromatic rings. The molecule has 1 heterocycles. The number of rotatable bonds is 6. The second-order valence-corrected chi connectivity index (χ2v) is 6.69. The van der Waals surface area contributed by atoms with Gasteiger partial charge in [0.05, 0.1) is 28.4 Å². The molecule has 0 fully saturated rings. The monoisotopic (exact) mass is 367 g/mol. The Morgan fingerprint density at radius 1 is 1.19 bits per heavy atom. The van der Waals surface area contributed by atoms with E-state index in [1.807, 2.05) is 18.2 Å². The third kappa shape index (κ3) is 4.04. The van der Waals surface area contributed by atoms with Gasteiger partial charge in [0, 0.05) is 29.2 Å². The number of carbonyl (C=O) groups excluding carboxylic acids is 1. The SMILES string of the molecule is CN=CNc1ccc(S(=O)c2ccccc2)cc1C(=O)Nc1ncc[nH]1. The average Bonchev–Trinajstić information content (AvgIpc) is 3.19. The molecule has 8 heteroatoms. The van der Waals surface area contributed by atoms with Crippen LogP contribution in [0.2, 0.25) is 0 Å². The molecule has 0 saturated carbocycles. The fraction of sp³-hybridized carbons (Fsp3) is 0.0556. The number of H-pyrrole nitrogens is 1. The lowest BCUT2D eigenvalue weighted by Gasteiger charge is -2.11. The fourth-order valence-electron chi connectivity index (χ4n) is 2.28. The Balaban J connectivity index is 1.95. The number of nitrogens with one attached hydrogen (secondary N) is 3. The average molecular weight is 367 g/mol. The van der Waals surface area contributed by atoms with Crippen molar-refractivity contribution in [3.8, 4) is 0 Å². The first kappa shape index (κ1) is 17.6. The highest BCUT2D eigenvalue weighted by atomic mass is 32.2. The summed E-state index contributed by atoms with van der Waals surface area (Å²) in [6, 6.07) is 14.1. The number of hydrogen-bond acceptors (Lipinski definition) is 4.